The molecule has 1 aromatic heterocycles. The fourth-order valence-corrected chi connectivity index (χ4v) is 6.20. The van der Waals surface area contributed by atoms with Gasteiger partial charge >= 0.3 is 5.91 Å². The highest BCUT2D eigenvalue weighted by molar-refractivity contribution is 6.06. The molecule has 224 valence electrons. The zero-order valence-electron chi connectivity index (χ0n) is 25.0. The number of hydrogen-bond acceptors (Lipinski definition) is 6. The number of anilines is 1. The molecule has 1 aliphatic carbocycles. The van der Waals surface area contributed by atoms with Crippen LogP contribution >= 0.6 is 0 Å². The molecule has 0 saturated carbocycles. The summed E-state index contributed by atoms with van der Waals surface area (Å²) in [5, 5.41) is 15.5. The molecule has 4 aromatic rings. The maximum atomic E-state index is 14.1. The number of aromatic amines is 1. The minimum atomic E-state index is -0.574. The van der Waals surface area contributed by atoms with Crippen LogP contribution in [0.2, 0.25) is 0 Å². The summed E-state index contributed by atoms with van der Waals surface area (Å²) in [6.45, 7) is 2.07. The second kappa shape index (κ2) is 12.9. The lowest BCUT2D eigenvalue weighted by molar-refractivity contribution is -0.360. The maximum absolute atomic E-state index is 14.1. The number of methoxy groups -OCH3 is 1. The summed E-state index contributed by atoms with van der Waals surface area (Å²) in [6.07, 6.45) is 4.21. The number of hydrogen-bond donors (Lipinski definition) is 2. The van der Waals surface area contributed by atoms with Crippen LogP contribution in [-0.2, 0) is 16.2 Å². The topological polar surface area (TPSA) is 115 Å². The van der Waals surface area contributed by atoms with Crippen LogP contribution < -0.4 is 25.1 Å². The highest BCUT2D eigenvalue weighted by atomic mass is 16.5. The fraction of sp³-hybridized carbons (Fsp3) is 0.189. The van der Waals surface area contributed by atoms with Gasteiger partial charge in [0, 0.05) is 41.3 Å². The third-order valence-electron chi connectivity index (χ3n) is 8.33. The van der Waals surface area contributed by atoms with E-state index in [2.05, 4.69) is 27.8 Å². The molecule has 3 N–H and O–H groups in total. The third-order valence-corrected chi connectivity index (χ3v) is 8.33. The number of ether oxygens (including phenoxy) is 2. The molecule has 0 radical (unpaired) electrons. The van der Waals surface area contributed by atoms with E-state index in [1.807, 2.05) is 67.6 Å². The number of nitrogens with zero attached hydrogens (tertiary/aromatic N) is 1. The number of amides is 1. The minimum Gasteiger partial charge on any atom is -0.496 e. The Bertz CT molecular complexity index is 1830. The number of carbonyl (C=O) groups excluding carboxylic acids is 2. The smallest absolute Gasteiger partial charge is 0.337 e. The van der Waals surface area contributed by atoms with Gasteiger partial charge in [-0.3, -0.25) is 4.79 Å². The summed E-state index contributed by atoms with van der Waals surface area (Å²) in [5.74, 6) is 0.366. The normalized spacial score (nSPS) is 19.0. The van der Waals surface area contributed by atoms with Crippen molar-refractivity contribution in [2.24, 2.45) is 5.92 Å². The van der Waals surface area contributed by atoms with Crippen LogP contribution in [0.1, 0.15) is 47.4 Å². The van der Waals surface area contributed by atoms with Gasteiger partial charge in [-0.25, -0.2) is 15.1 Å². The molecule has 1 aliphatic heterocycles. The third kappa shape index (κ3) is 6.20. The van der Waals surface area contributed by atoms with Crippen molar-refractivity contribution in [1.29, 1.82) is 5.26 Å². The molecule has 2 aliphatic rings. The van der Waals surface area contributed by atoms with Crippen LogP contribution in [0.4, 0.5) is 5.82 Å². The van der Waals surface area contributed by atoms with Crippen molar-refractivity contribution in [3.8, 4) is 17.6 Å². The van der Waals surface area contributed by atoms with Gasteiger partial charge in [0.2, 0.25) is 0 Å². The lowest BCUT2D eigenvalue weighted by Gasteiger charge is -2.39. The van der Waals surface area contributed by atoms with Gasteiger partial charge in [0.25, 0.3) is 5.82 Å². The summed E-state index contributed by atoms with van der Waals surface area (Å²) in [4.78, 5) is 31.1. The van der Waals surface area contributed by atoms with Gasteiger partial charge in [-0.2, -0.15) is 5.26 Å². The standard InChI is InChI=1S/C37H32N4O4/c1-23-34(37(43)41-33-10-6-7-17-39-33)35(36-30(40-23)19-27(20-31(36)42)25-8-4-3-5-9-25)26-13-16-32(44-2)28(18-26)22-45-29-14-11-24(21-38)12-15-29/h3-19,27,35-36,40H,20,22H2,1-2H3,(H,39,41,43)/p+1. The Labute approximate surface area is 262 Å². The number of carbonyl (C=O) groups is 2. The summed E-state index contributed by atoms with van der Waals surface area (Å²) in [5.41, 5.74) is 5.17. The Morgan fingerprint density at radius 1 is 1.00 bits per heavy atom. The van der Waals surface area contributed by atoms with Gasteiger partial charge in [0.1, 0.15) is 23.9 Å². The first-order valence-electron chi connectivity index (χ1n) is 14.8. The second-order valence-electron chi connectivity index (χ2n) is 11.2. The van der Waals surface area contributed by atoms with Crippen molar-refractivity contribution < 1.29 is 24.0 Å². The van der Waals surface area contributed by atoms with E-state index in [1.54, 1.807) is 43.6 Å². The number of allylic oxidation sites excluding steroid dienone is 3. The zero-order valence-corrected chi connectivity index (χ0v) is 25.0. The number of fused-ring (bicyclic) bond motifs is 1. The van der Waals surface area contributed by atoms with Crippen molar-refractivity contribution in [3.05, 3.63) is 142 Å². The van der Waals surface area contributed by atoms with Crippen LogP contribution in [0.3, 0.4) is 0 Å². The van der Waals surface area contributed by atoms with Crippen LogP contribution in [0, 0.1) is 17.2 Å². The average Bonchev–Trinajstić information content (AvgIpc) is 3.07. The van der Waals surface area contributed by atoms with Crippen molar-refractivity contribution in [2.45, 2.75) is 31.8 Å². The number of nitrogens with one attached hydrogen (secondary N) is 3. The Morgan fingerprint density at radius 2 is 1.78 bits per heavy atom. The Hall–Kier alpha value is -5.68. The summed E-state index contributed by atoms with van der Waals surface area (Å²) < 4.78 is 11.7. The van der Waals surface area contributed by atoms with Gasteiger partial charge in [-0.05, 0) is 60.5 Å². The molecule has 3 aromatic carbocycles. The number of nitriles is 1. The quantitative estimate of drug-likeness (QED) is 0.265. The number of Topliss-reactive ketones (excluding diaryl/α,β-unsaturated/α-hetero) is 1. The molecule has 8 heteroatoms. The number of benzene rings is 3. The lowest BCUT2D eigenvalue weighted by Crippen LogP contribution is -2.42. The first kappa shape index (κ1) is 29.4. The number of rotatable bonds is 8. The number of aromatic nitrogens is 1. The van der Waals surface area contributed by atoms with Crippen LogP contribution in [0.5, 0.6) is 11.5 Å². The SMILES string of the molecule is COc1ccc(C2C(C(=O)Nc3cccc[nH+]3)=C(C)NC3=CC(c4ccccc4)CC(=O)C32)cc1COc1ccc(C#N)cc1. The number of pyridine rings is 1. The molecule has 6 rings (SSSR count). The van der Waals surface area contributed by atoms with Gasteiger partial charge in [-0.1, -0.05) is 48.5 Å². The summed E-state index contributed by atoms with van der Waals surface area (Å²) >= 11 is 0. The van der Waals surface area contributed by atoms with Crippen molar-refractivity contribution >= 4 is 17.5 Å². The molecule has 8 nitrogen and oxygen atoms in total. The fourth-order valence-electron chi connectivity index (χ4n) is 6.20. The molecular weight excluding hydrogens is 564 g/mol. The van der Waals surface area contributed by atoms with E-state index in [-0.39, 0.29) is 24.2 Å². The second-order valence-corrected chi connectivity index (χ2v) is 11.2. The first-order chi connectivity index (χ1) is 21.9. The minimum absolute atomic E-state index is 0.0626. The molecule has 3 unspecified atom stereocenters. The largest absolute Gasteiger partial charge is 0.496 e. The lowest BCUT2D eigenvalue weighted by atomic mass is 9.68. The summed E-state index contributed by atoms with van der Waals surface area (Å²) in [7, 11) is 1.60. The molecule has 0 saturated heterocycles. The van der Waals surface area contributed by atoms with E-state index >= 15 is 0 Å². The highest BCUT2D eigenvalue weighted by Gasteiger charge is 2.45. The van der Waals surface area contributed by atoms with Gasteiger partial charge in [0.15, 0.2) is 0 Å². The number of ketones is 1. The van der Waals surface area contributed by atoms with Crippen molar-refractivity contribution in [3.63, 3.8) is 0 Å². The Kier molecular flexibility index (Phi) is 8.43. The van der Waals surface area contributed by atoms with E-state index in [4.69, 9.17) is 14.7 Å². The highest BCUT2D eigenvalue weighted by Crippen LogP contribution is 2.46. The Balaban J connectivity index is 1.40. The average molecular weight is 598 g/mol. The van der Waals surface area contributed by atoms with Crippen molar-refractivity contribution in [2.75, 3.05) is 12.4 Å². The summed E-state index contributed by atoms with van der Waals surface area (Å²) in [6, 6.07) is 30.2. The zero-order chi connectivity index (χ0) is 31.3. The molecule has 3 atom stereocenters. The maximum Gasteiger partial charge on any atom is 0.337 e. The van der Waals surface area contributed by atoms with E-state index in [1.165, 1.54) is 0 Å². The van der Waals surface area contributed by atoms with Gasteiger partial charge < -0.3 is 14.8 Å². The van der Waals surface area contributed by atoms with Crippen LogP contribution in [0.25, 0.3) is 0 Å². The first-order valence-corrected chi connectivity index (χ1v) is 14.8. The number of H-pyrrole nitrogens is 1. The van der Waals surface area contributed by atoms with Gasteiger partial charge in [0.05, 0.1) is 36.4 Å². The van der Waals surface area contributed by atoms with E-state index in [0.29, 0.717) is 40.6 Å². The van der Waals surface area contributed by atoms with Crippen LogP contribution in [0.15, 0.2) is 120 Å². The van der Waals surface area contributed by atoms with E-state index in [9.17, 15) is 9.59 Å². The van der Waals surface area contributed by atoms with Crippen LogP contribution in [-0.4, -0.2) is 18.8 Å². The molecule has 1 amide bonds. The van der Waals surface area contributed by atoms with E-state index in [0.717, 1.165) is 22.4 Å². The molecule has 0 fully saturated rings. The van der Waals surface area contributed by atoms with E-state index < -0.39 is 11.8 Å². The predicted molar refractivity (Wildman–Crippen MR) is 169 cm³/mol. The van der Waals surface area contributed by atoms with Crippen molar-refractivity contribution in [1.82, 2.24) is 5.32 Å². The Morgan fingerprint density at radius 3 is 2.49 bits per heavy atom. The molecule has 45 heavy (non-hydrogen) atoms. The van der Waals surface area contributed by atoms with Gasteiger partial charge in [-0.15, -0.1) is 0 Å². The monoisotopic (exact) mass is 597 g/mol. The molecule has 2 heterocycles. The predicted octanol–water partition coefficient (Wildman–Crippen LogP) is 5.82. The molecule has 0 bridgehead atoms. The molecular formula is C37H33N4O4+. The molecule has 0 spiro atoms.